The van der Waals surface area contributed by atoms with E-state index in [2.05, 4.69) is 63.3 Å². The lowest BCUT2D eigenvalue weighted by Gasteiger charge is -2.34. The van der Waals surface area contributed by atoms with Gasteiger partial charge < -0.3 is 15.4 Å². The molecule has 0 spiro atoms. The van der Waals surface area contributed by atoms with Crippen molar-refractivity contribution >= 4 is 54.1 Å². The number of hydrogen-bond donors (Lipinski definition) is 2. The van der Waals surface area contributed by atoms with Gasteiger partial charge in [-0.15, -0.1) is 11.3 Å². The number of rotatable bonds is 2. The summed E-state index contributed by atoms with van der Waals surface area (Å²) in [5.74, 6) is 1.38. The largest absolute Gasteiger partial charge is 0.495 e. The molecule has 1 aliphatic carbocycles. The number of thiophene rings is 1. The zero-order valence-corrected chi connectivity index (χ0v) is 20.4. The zero-order chi connectivity index (χ0) is 20.2. The highest BCUT2D eigenvalue weighted by molar-refractivity contribution is 9.11. The Morgan fingerprint density at radius 1 is 1.21 bits per heavy atom. The molecular weight excluding hydrogens is 504 g/mol. The molecule has 2 N–H and O–H groups in total. The molecule has 4 nitrogen and oxygen atoms in total. The third-order valence-corrected chi connectivity index (χ3v) is 8.05. The molecule has 0 saturated carbocycles. The van der Waals surface area contributed by atoms with Crippen molar-refractivity contribution in [2.75, 3.05) is 12.4 Å². The van der Waals surface area contributed by atoms with Crippen LogP contribution in [0.5, 0.6) is 5.75 Å². The van der Waals surface area contributed by atoms with Crippen molar-refractivity contribution < 1.29 is 9.53 Å². The maximum absolute atomic E-state index is 13.0. The summed E-state index contributed by atoms with van der Waals surface area (Å²) in [6.45, 7) is 6.94. The van der Waals surface area contributed by atoms with E-state index in [1.807, 2.05) is 12.1 Å². The zero-order valence-electron chi connectivity index (χ0n) is 16.4. The molecule has 28 heavy (non-hydrogen) atoms. The average Bonchev–Trinajstić information content (AvgIpc) is 2.98. The van der Waals surface area contributed by atoms with Gasteiger partial charge >= 0.3 is 0 Å². The molecular formula is C21H24Br2N2O2S. The Kier molecular flexibility index (Phi) is 5.30. The first-order valence-corrected chi connectivity index (χ1v) is 11.8. The van der Waals surface area contributed by atoms with Crippen LogP contribution in [-0.4, -0.2) is 13.0 Å². The summed E-state index contributed by atoms with van der Waals surface area (Å²) >= 11 is 8.83. The molecule has 4 rings (SSSR count). The van der Waals surface area contributed by atoms with Gasteiger partial charge in [0, 0.05) is 14.9 Å². The second-order valence-corrected chi connectivity index (χ2v) is 11.4. The molecule has 2 atom stereocenters. The fourth-order valence-corrected chi connectivity index (χ4v) is 6.98. The van der Waals surface area contributed by atoms with E-state index in [1.165, 1.54) is 10.4 Å². The minimum Gasteiger partial charge on any atom is -0.495 e. The fraction of sp³-hybridized carbons (Fsp3) is 0.476. The summed E-state index contributed by atoms with van der Waals surface area (Å²) in [6, 6.07) is 3.92. The highest BCUT2D eigenvalue weighted by Gasteiger charge is 2.37. The van der Waals surface area contributed by atoms with Gasteiger partial charge in [-0.1, -0.05) is 36.7 Å². The lowest BCUT2D eigenvalue weighted by molar-refractivity contribution is 0.0934. The van der Waals surface area contributed by atoms with Crippen LogP contribution in [-0.2, 0) is 12.8 Å². The summed E-state index contributed by atoms with van der Waals surface area (Å²) in [5, 5.41) is 7.66. The number of halogens is 2. The Morgan fingerprint density at radius 3 is 2.64 bits per heavy atom. The molecule has 150 valence electrons. The number of anilines is 1. The highest BCUT2D eigenvalue weighted by atomic mass is 79.9. The first-order chi connectivity index (χ1) is 13.2. The number of hydrogen-bond acceptors (Lipinski definition) is 4. The molecule has 1 aromatic carbocycles. The molecule has 0 unspecified atom stereocenters. The molecule has 0 fully saturated rings. The van der Waals surface area contributed by atoms with E-state index >= 15 is 0 Å². The standard InChI is InChI=1S/C21H24Br2N2O2S/c1-21(2,3)10-5-6-12-15(7-10)28-20-16(12)19(26)24-18(25-20)13-8-11(22)9-14(23)17(13)27-4/h8-10,18,25H,5-7H2,1-4H3,(H,24,26)/t10-,18+/m1/s1. The number of methoxy groups -OCH3 is 1. The van der Waals surface area contributed by atoms with Crippen molar-refractivity contribution in [3.05, 3.63) is 42.6 Å². The first-order valence-electron chi connectivity index (χ1n) is 9.44. The van der Waals surface area contributed by atoms with Crippen LogP contribution in [0.2, 0.25) is 0 Å². The molecule has 2 aliphatic rings. The normalized spacial score (nSPS) is 21.4. The van der Waals surface area contributed by atoms with Gasteiger partial charge in [0.25, 0.3) is 5.91 Å². The van der Waals surface area contributed by atoms with Gasteiger partial charge in [0.2, 0.25) is 0 Å². The molecule has 1 amide bonds. The third kappa shape index (κ3) is 3.50. The van der Waals surface area contributed by atoms with Crippen LogP contribution in [0.3, 0.4) is 0 Å². The lowest BCUT2D eigenvalue weighted by Crippen LogP contribution is -2.38. The molecule has 0 saturated heterocycles. The molecule has 0 radical (unpaired) electrons. The SMILES string of the molecule is COc1c(Br)cc(Br)cc1[C@H]1NC(=O)c2c(sc3c2CC[C@@H](C(C)(C)C)C3)N1. The lowest BCUT2D eigenvalue weighted by atomic mass is 9.72. The summed E-state index contributed by atoms with van der Waals surface area (Å²) in [7, 11) is 1.64. The number of carbonyl (C=O) groups is 1. The minimum absolute atomic E-state index is 0.00334. The van der Waals surface area contributed by atoms with Crippen LogP contribution in [0.15, 0.2) is 21.1 Å². The fourth-order valence-electron chi connectivity index (χ4n) is 4.20. The second kappa shape index (κ2) is 7.33. The van der Waals surface area contributed by atoms with Gasteiger partial charge in [0.15, 0.2) is 0 Å². The quantitative estimate of drug-likeness (QED) is 0.482. The average molecular weight is 528 g/mol. The molecule has 1 aromatic heterocycles. The second-order valence-electron chi connectivity index (χ2n) is 8.57. The van der Waals surface area contributed by atoms with Crippen molar-refractivity contribution in [2.45, 2.75) is 46.2 Å². The van der Waals surface area contributed by atoms with E-state index in [1.54, 1.807) is 18.4 Å². The maximum atomic E-state index is 13.0. The van der Waals surface area contributed by atoms with E-state index in [9.17, 15) is 4.79 Å². The number of fused-ring (bicyclic) bond motifs is 3. The van der Waals surface area contributed by atoms with Gasteiger partial charge in [-0.2, -0.15) is 0 Å². The van der Waals surface area contributed by atoms with Crippen LogP contribution >= 0.6 is 43.2 Å². The van der Waals surface area contributed by atoms with E-state index in [-0.39, 0.29) is 17.5 Å². The van der Waals surface area contributed by atoms with Crippen molar-refractivity contribution in [3.63, 3.8) is 0 Å². The monoisotopic (exact) mass is 526 g/mol. The van der Waals surface area contributed by atoms with Crippen LogP contribution in [0.1, 0.15) is 59.7 Å². The molecule has 1 aliphatic heterocycles. The smallest absolute Gasteiger partial charge is 0.256 e. The molecule has 0 bridgehead atoms. The predicted molar refractivity (Wildman–Crippen MR) is 122 cm³/mol. The number of ether oxygens (including phenoxy) is 1. The molecule has 7 heteroatoms. The van der Waals surface area contributed by atoms with Crippen LogP contribution in [0.4, 0.5) is 5.00 Å². The van der Waals surface area contributed by atoms with E-state index < -0.39 is 0 Å². The van der Waals surface area contributed by atoms with E-state index in [0.717, 1.165) is 50.1 Å². The van der Waals surface area contributed by atoms with E-state index in [0.29, 0.717) is 5.92 Å². The van der Waals surface area contributed by atoms with Gasteiger partial charge in [0.05, 0.1) is 17.1 Å². The Hall–Kier alpha value is -1.05. The molecule has 2 aromatic rings. The van der Waals surface area contributed by atoms with Crippen molar-refractivity contribution in [1.29, 1.82) is 0 Å². The van der Waals surface area contributed by atoms with Crippen LogP contribution in [0.25, 0.3) is 0 Å². The van der Waals surface area contributed by atoms with Gasteiger partial charge in [0.1, 0.15) is 16.9 Å². The number of nitrogens with one attached hydrogen (secondary N) is 2. The minimum atomic E-state index is -0.331. The Morgan fingerprint density at radius 2 is 1.96 bits per heavy atom. The van der Waals surface area contributed by atoms with Crippen molar-refractivity contribution in [3.8, 4) is 5.75 Å². The van der Waals surface area contributed by atoms with Gasteiger partial charge in [-0.3, -0.25) is 4.79 Å². The Bertz CT molecular complexity index is 949. The summed E-state index contributed by atoms with van der Waals surface area (Å²) in [4.78, 5) is 14.4. The Labute approximate surface area is 186 Å². The highest BCUT2D eigenvalue weighted by Crippen LogP contribution is 2.47. The number of amides is 1. The first kappa shape index (κ1) is 20.2. The summed E-state index contributed by atoms with van der Waals surface area (Å²) in [6.07, 6.45) is 2.85. The third-order valence-electron chi connectivity index (χ3n) is 5.82. The van der Waals surface area contributed by atoms with Crippen molar-refractivity contribution in [1.82, 2.24) is 5.32 Å². The molecule has 2 heterocycles. The van der Waals surface area contributed by atoms with Crippen LogP contribution in [0, 0.1) is 11.3 Å². The summed E-state index contributed by atoms with van der Waals surface area (Å²) in [5.41, 5.74) is 3.26. The topological polar surface area (TPSA) is 50.4 Å². The maximum Gasteiger partial charge on any atom is 0.256 e. The van der Waals surface area contributed by atoms with Gasteiger partial charge in [-0.25, -0.2) is 0 Å². The Balaban J connectivity index is 1.70. The summed E-state index contributed by atoms with van der Waals surface area (Å²) < 4.78 is 7.36. The van der Waals surface area contributed by atoms with E-state index in [4.69, 9.17) is 4.74 Å². The van der Waals surface area contributed by atoms with Crippen molar-refractivity contribution in [2.24, 2.45) is 11.3 Å². The number of carbonyl (C=O) groups excluding carboxylic acids is 1. The van der Waals surface area contributed by atoms with Crippen LogP contribution < -0.4 is 15.4 Å². The predicted octanol–water partition coefficient (Wildman–Crippen LogP) is 6.29. The van der Waals surface area contributed by atoms with Gasteiger partial charge in [-0.05, 0) is 64.2 Å². The number of benzene rings is 1.